The van der Waals surface area contributed by atoms with Gasteiger partial charge in [-0.15, -0.1) is 0 Å². The Labute approximate surface area is 86.5 Å². The Kier molecular flexibility index (Phi) is 3.52. The lowest BCUT2D eigenvalue weighted by Gasteiger charge is -2.08. The molecule has 0 aromatic heterocycles. The van der Waals surface area contributed by atoms with E-state index in [4.69, 9.17) is 19.8 Å². The highest BCUT2D eigenvalue weighted by atomic mass is 16.5. The molecule has 0 unspecified atom stereocenters. The molecule has 1 aromatic rings. The number of aromatic carboxylic acids is 1. The van der Waals surface area contributed by atoms with Crippen molar-refractivity contribution in [3.63, 3.8) is 0 Å². The molecule has 0 spiro atoms. The maximum Gasteiger partial charge on any atom is 0.335 e. The summed E-state index contributed by atoms with van der Waals surface area (Å²) in [5.74, 6) is -0.394. The van der Waals surface area contributed by atoms with Gasteiger partial charge >= 0.3 is 5.97 Å². The van der Waals surface area contributed by atoms with Crippen molar-refractivity contribution >= 4 is 5.97 Å². The summed E-state index contributed by atoms with van der Waals surface area (Å²) < 4.78 is 9.97. The molecule has 0 aliphatic rings. The molecule has 0 bridgehead atoms. The number of ether oxygens (including phenoxy) is 2. The Morgan fingerprint density at radius 1 is 1.53 bits per heavy atom. The first-order valence-corrected chi connectivity index (χ1v) is 4.10. The summed E-state index contributed by atoms with van der Waals surface area (Å²) in [6.45, 7) is -0.108. The molecular formula is C10H9NO4. The zero-order valence-electron chi connectivity index (χ0n) is 8.06. The predicted molar refractivity (Wildman–Crippen MR) is 51.1 cm³/mol. The average Bonchev–Trinajstić information content (AvgIpc) is 2.25. The van der Waals surface area contributed by atoms with Gasteiger partial charge in [0, 0.05) is 0 Å². The molecule has 1 N–H and O–H groups in total. The Bertz CT molecular complexity index is 408. The smallest absolute Gasteiger partial charge is 0.335 e. The lowest BCUT2D eigenvalue weighted by molar-refractivity contribution is 0.0696. The highest BCUT2D eigenvalue weighted by Gasteiger charge is 2.09. The van der Waals surface area contributed by atoms with Gasteiger partial charge in [-0.2, -0.15) is 5.26 Å². The number of hydrogen-bond acceptors (Lipinski definition) is 4. The lowest BCUT2D eigenvalue weighted by atomic mass is 10.2. The largest absolute Gasteiger partial charge is 0.493 e. The van der Waals surface area contributed by atoms with Gasteiger partial charge in [0.25, 0.3) is 0 Å². The van der Waals surface area contributed by atoms with Crippen LogP contribution in [0.25, 0.3) is 0 Å². The SMILES string of the molecule is COc1cc(C(=O)O)ccc1OCC#N. The number of benzene rings is 1. The van der Waals surface area contributed by atoms with Crippen LogP contribution >= 0.6 is 0 Å². The molecule has 1 aromatic carbocycles. The number of nitrogens with zero attached hydrogens (tertiary/aromatic N) is 1. The van der Waals surface area contributed by atoms with Crippen molar-refractivity contribution in [1.29, 1.82) is 5.26 Å². The second-order valence-corrected chi connectivity index (χ2v) is 2.62. The van der Waals surface area contributed by atoms with E-state index in [1.165, 1.54) is 25.3 Å². The van der Waals surface area contributed by atoms with Crippen LogP contribution < -0.4 is 9.47 Å². The molecule has 0 heterocycles. The molecule has 78 valence electrons. The highest BCUT2D eigenvalue weighted by Crippen LogP contribution is 2.27. The molecule has 0 aliphatic heterocycles. The normalized spacial score (nSPS) is 9.07. The van der Waals surface area contributed by atoms with Crippen molar-refractivity contribution in [3.8, 4) is 17.6 Å². The van der Waals surface area contributed by atoms with Crippen LogP contribution in [0.1, 0.15) is 10.4 Å². The first-order valence-electron chi connectivity index (χ1n) is 4.10. The third-order valence-corrected chi connectivity index (χ3v) is 1.70. The van der Waals surface area contributed by atoms with Crippen LogP contribution in [-0.2, 0) is 0 Å². The number of rotatable bonds is 4. The minimum absolute atomic E-state index is 0.108. The van der Waals surface area contributed by atoms with Gasteiger partial charge < -0.3 is 14.6 Å². The van der Waals surface area contributed by atoms with Crippen molar-refractivity contribution in [3.05, 3.63) is 23.8 Å². The second kappa shape index (κ2) is 4.86. The summed E-state index contributed by atoms with van der Waals surface area (Å²) in [6, 6.07) is 6.00. The van der Waals surface area contributed by atoms with Gasteiger partial charge in [-0.1, -0.05) is 0 Å². The molecule has 0 radical (unpaired) electrons. The molecule has 1 rings (SSSR count). The maximum atomic E-state index is 10.6. The van der Waals surface area contributed by atoms with Gasteiger partial charge in [0.05, 0.1) is 12.7 Å². The first kappa shape index (κ1) is 10.9. The van der Waals surface area contributed by atoms with Crippen LogP contribution in [0.2, 0.25) is 0 Å². The number of carboxylic acid groups (broad SMARTS) is 1. The van der Waals surface area contributed by atoms with Crippen LogP contribution in [0, 0.1) is 11.3 Å². The van der Waals surface area contributed by atoms with E-state index in [2.05, 4.69) is 0 Å². The lowest BCUT2D eigenvalue weighted by Crippen LogP contribution is -2.00. The van der Waals surface area contributed by atoms with Crippen LogP contribution in [0.15, 0.2) is 18.2 Å². The second-order valence-electron chi connectivity index (χ2n) is 2.62. The molecule has 5 nitrogen and oxygen atoms in total. The standard InChI is InChI=1S/C10H9NO4/c1-14-9-6-7(10(12)13)2-3-8(9)15-5-4-11/h2-3,6H,5H2,1H3,(H,12,13). The molecule has 0 saturated carbocycles. The topological polar surface area (TPSA) is 79.6 Å². The highest BCUT2D eigenvalue weighted by molar-refractivity contribution is 5.88. The van der Waals surface area contributed by atoms with Crippen LogP contribution in [0.5, 0.6) is 11.5 Å². The number of carbonyl (C=O) groups is 1. The minimum Gasteiger partial charge on any atom is -0.493 e. The van der Waals surface area contributed by atoms with Gasteiger partial charge in [-0.25, -0.2) is 4.79 Å². The van der Waals surface area contributed by atoms with Gasteiger partial charge in [0.2, 0.25) is 0 Å². The zero-order valence-corrected chi connectivity index (χ0v) is 8.06. The van der Waals surface area contributed by atoms with Crippen LogP contribution in [0.3, 0.4) is 0 Å². The number of carboxylic acids is 1. The molecule has 5 heteroatoms. The van der Waals surface area contributed by atoms with E-state index in [1.54, 1.807) is 0 Å². The fourth-order valence-corrected chi connectivity index (χ4v) is 1.03. The maximum absolute atomic E-state index is 10.6. The fourth-order valence-electron chi connectivity index (χ4n) is 1.03. The van der Waals surface area contributed by atoms with E-state index in [9.17, 15) is 4.79 Å². The molecule has 0 fully saturated rings. The molecule has 0 atom stereocenters. The van der Waals surface area contributed by atoms with Gasteiger partial charge in [0.15, 0.2) is 18.1 Å². The molecule has 0 amide bonds. The Morgan fingerprint density at radius 2 is 2.27 bits per heavy atom. The van der Waals surface area contributed by atoms with Crippen LogP contribution in [0.4, 0.5) is 0 Å². The van der Waals surface area contributed by atoms with Crippen molar-refractivity contribution in [1.82, 2.24) is 0 Å². The zero-order chi connectivity index (χ0) is 11.3. The summed E-state index contributed by atoms with van der Waals surface area (Å²) in [5.41, 5.74) is 0.108. The van der Waals surface area contributed by atoms with Crippen molar-refractivity contribution in [2.75, 3.05) is 13.7 Å². The number of nitriles is 1. The van der Waals surface area contributed by atoms with Crippen molar-refractivity contribution < 1.29 is 19.4 Å². The van der Waals surface area contributed by atoms with Crippen molar-refractivity contribution in [2.45, 2.75) is 0 Å². The van der Waals surface area contributed by atoms with E-state index in [1.807, 2.05) is 6.07 Å². The molecule has 15 heavy (non-hydrogen) atoms. The van der Waals surface area contributed by atoms with Gasteiger partial charge in [0.1, 0.15) is 6.07 Å². The summed E-state index contributed by atoms with van der Waals surface area (Å²) in [7, 11) is 1.40. The van der Waals surface area contributed by atoms with Gasteiger partial charge in [-0.05, 0) is 18.2 Å². The molecule has 0 saturated heterocycles. The monoisotopic (exact) mass is 207 g/mol. The minimum atomic E-state index is -1.04. The Hall–Kier alpha value is -2.22. The van der Waals surface area contributed by atoms with E-state index < -0.39 is 5.97 Å². The van der Waals surface area contributed by atoms with Crippen molar-refractivity contribution in [2.24, 2.45) is 0 Å². The van der Waals surface area contributed by atoms with E-state index in [-0.39, 0.29) is 12.2 Å². The summed E-state index contributed by atoms with van der Waals surface area (Å²) in [6.07, 6.45) is 0. The third kappa shape index (κ3) is 2.61. The van der Waals surface area contributed by atoms with E-state index in [0.29, 0.717) is 11.5 Å². The fraction of sp³-hybridized carbons (Fsp3) is 0.200. The predicted octanol–water partition coefficient (Wildman–Crippen LogP) is 1.30. The molecular weight excluding hydrogens is 198 g/mol. The van der Waals surface area contributed by atoms with Gasteiger partial charge in [-0.3, -0.25) is 0 Å². The van der Waals surface area contributed by atoms with Crippen LogP contribution in [-0.4, -0.2) is 24.8 Å². The third-order valence-electron chi connectivity index (χ3n) is 1.70. The van der Waals surface area contributed by atoms with E-state index >= 15 is 0 Å². The van der Waals surface area contributed by atoms with E-state index in [0.717, 1.165) is 0 Å². The number of methoxy groups -OCH3 is 1. The Balaban J connectivity index is 2.99. The first-order chi connectivity index (χ1) is 7.19. The number of hydrogen-bond donors (Lipinski definition) is 1. The summed E-state index contributed by atoms with van der Waals surface area (Å²) in [5, 5.41) is 17.0. The quantitative estimate of drug-likeness (QED) is 0.804. The summed E-state index contributed by atoms with van der Waals surface area (Å²) in [4.78, 5) is 10.6. The summed E-state index contributed by atoms with van der Waals surface area (Å²) >= 11 is 0. The Morgan fingerprint density at radius 3 is 2.80 bits per heavy atom. The molecule has 0 aliphatic carbocycles. The average molecular weight is 207 g/mol.